The number of fused-ring (bicyclic) bond motifs is 1. The van der Waals surface area contributed by atoms with Gasteiger partial charge >= 0.3 is 24.3 Å². The first-order valence-electron chi connectivity index (χ1n) is 11.5. The van der Waals surface area contributed by atoms with Crippen molar-refractivity contribution in [3.8, 4) is 0 Å². The third kappa shape index (κ3) is 11.3. The Bertz CT molecular complexity index is 1220. The third-order valence-electron chi connectivity index (χ3n) is 5.20. The summed E-state index contributed by atoms with van der Waals surface area (Å²) in [5.41, 5.74) is 2.39. The summed E-state index contributed by atoms with van der Waals surface area (Å²) < 4.78 is 65.8. The Morgan fingerprint density at radius 3 is 2.15 bits per heavy atom. The van der Waals surface area contributed by atoms with Gasteiger partial charge < -0.3 is 14.8 Å². The number of alkyl halides is 6. The maximum atomic E-state index is 10.6. The number of carbonyl (C=O) groups is 2. The van der Waals surface area contributed by atoms with E-state index in [-0.39, 0.29) is 0 Å². The molecule has 0 aromatic carbocycles. The van der Waals surface area contributed by atoms with Gasteiger partial charge in [-0.1, -0.05) is 6.07 Å². The van der Waals surface area contributed by atoms with E-state index in [0.29, 0.717) is 0 Å². The molecular weight excluding hydrogens is 568 g/mol. The monoisotopic (exact) mass is 595 g/mol. The molecule has 1 aliphatic heterocycles. The van der Waals surface area contributed by atoms with Gasteiger partial charge in [-0.3, -0.25) is 14.8 Å². The smallest absolute Gasteiger partial charge is 0.475 e. The Labute approximate surface area is 229 Å². The van der Waals surface area contributed by atoms with Crippen molar-refractivity contribution in [1.82, 2.24) is 24.3 Å². The lowest BCUT2D eigenvalue weighted by molar-refractivity contribution is -0.193. The molecule has 4 rings (SSSR count). The van der Waals surface area contributed by atoms with E-state index in [9.17, 15) is 26.3 Å². The van der Waals surface area contributed by atoms with Gasteiger partial charge in [0.05, 0.1) is 12.2 Å². The highest BCUT2D eigenvalue weighted by atomic mass is 32.1. The predicted octanol–water partition coefficient (Wildman–Crippen LogP) is 4.56. The summed E-state index contributed by atoms with van der Waals surface area (Å²) in [6, 6.07) is 8.56. The summed E-state index contributed by atoms with van der Waals surface area (Å²) in [6.07, 6.45) is -4.20. The molecule has 0 fully saturated rings. The highest BCUT2D eigenvalue weighted by Gasteiger charge is 2.38. The summed E-state index contributed by atoms with van der Waals surface area (Å²) >= 11 is 1.90. The SMILES string of the molecule is Cc1ccc(CN2CCn3cc(CN(C)Cc4cccnc4)nc3C2)s1.O=C(O)C(F)(F)F.O=C(O)C(F)(F)F. The number of aryl methyl sites for hydroxylation is 1. The van der Waals surface area contributed by atoms with Crippen LogP contribution in [0.2, 0.25) is 0 Å². The Kier molecular flexibility index (Phi) is 11.6. The van der Waals surface area contributed by atoms with Gasteiger partial charge in [-0.05, 0) is 37.7 Å². The van der Waals surface area contributed by atoms with Crippen molar-refractivity contribution in [2.24, 2.45) is 0 Å². The van der Waals surface area contributed by atoms with Crippen LogP contribution in [-0.2, 0) is 42.3 Å². The molecule has 40 heavy (non-hydrogen) atoms. The lowest BCUT2D eigenvalue weighted by atomic mass is 10.2. The maximum absolute atomic E-state index is 10.6. The van der Waals surface area contributed by atoms with Crippen molar-refractivity contribution in [3.05, 3.63) is 69.7 Å². The molecule has 0 atom stereocenters. The Balaban J connectivity index is 0.000000333. The van der Waals surface area contributed by atoms with E-state index >= 15 is 0 Å². The number of thiophene rings is 1. The Morgan fingerprint density at radius 1 is 1.02 bits per heavy atom. The maximum Gasteiger partial charge on any atom is 0.490 e. The molecule has 2 N–H and O–H groups in total. The van der Waals surface area contributed by atoms with Crippen LogP contribution in [0.25, 0.3) is 0 Å². The summed E-state index contributed by atoms with van der Waals surface area (Å²) in [4.78, 5) is 34.5. The van der Waals surface area contributed by atoms with Gasteiger partial charge in [-0.15, -0.1) is 11.3 Å². The molecule has 0 saturated heterocycles. The van der Waals surface area contributed by atoms with Crippen LogP contribution in [0.3, 0.4) is 0 Å². The molecule has 1 aliphatic rings. The summed E-state index contributed by atoms with van der Waals surface area (Å²) in [7, 11) is 2.14. The number of pyridine rings is 1. The number of aromatic nitrogens is 3. The topological polar surface area (TPSA) is 112 Å². The van der Waals surface area contributed by atoms with Crippen LogP contribution < -0.4 is 0 Å². The molecule has 0 aliphatic carbocycles. The van der Waals surface area contributed by atoms with E-state index in [2.05, 4.69) is 57.7 Å². The fourth-order valence-electron chi connectivity index (χ4n) is 3.50. The van der Waals surface area contributed by atoms with Crippen LogP contribution in [-0.4, -0.2) is 72.4 Å². The number of aliphatic carboxylic acids is 2. The van der Waals surface area contributed by atoms with Crippen molar-refractivity contribution in [2.45, 2.75) is 52.0 Å². The third-order valence-corrected chi connectivity index (χ3v) is 6.18. The second-order valence-corrected chi connectivity index (χ2v) is 10.1. The molecule has 220 valence electrons. The van der Waals surface area contributed by atoms with Crippen LogP contribution in [0, 0.1) is 6.92 Å². The van der Waals surface area contributed by atoms with E-state index in [1.807, 2.05) is 29.8 Å². The Hall–Kier alpha value is -3.50. The van der Waals surface area contributed by atoms with E-state index in [1.165, 1.54) is 21.1 Å². The minimum Gasteiger partial charge on any atom is -0.475 e. The van der Waals surface area contributed by atoms with E-state index < -0.39 is 24.3 Å². The zero-order chi connectivity index (χ0) is 30.1. The van der Waals surface area contributed by atoms with Gasteiger partial charge in [0.1, 0.15) is 5.82 Å². The molecule has 0 spiro atoms. The predicted molar refractivity (Wildman–Crippen MR) is 132 cm³/mol. The number of rotatable bonds is 6. The molecule has 3 aromatic heterocycles. The van der Waals surface area contributed by atoms with Gasteiger partial charge in [0.15, 0.2) is 0 Å². The number of halogens is 6. The first-order chi connectivity index (χ1) is 18.5. The first kappa shape index (κ1) is 32.7. The number of carboxylic acid groups (broad SMARTS) is 2. The van der Waals surface area contributed by atoms with Crippen LogP contribution in [0.5, 0.6) is 0 Å². The van der Waals surface area contributed by atoms with Gasteiger partial charge in [0.2, 0.25) is 0 Å². The minimum absolute atomic E-state index is 0.860. The largest absolute Gasteiger partial charge is 0.490 e. The number of hydrogen-bond acceptors (Lipinski definition) is 7. The summed E-state index contributed by atoms with van der Waals surface area (Å²) in [5, 5.41) is 14.2. The molecule has 0 saturated carbocycles. The van der Waals surface area contributed by atoms with Crippen molar-refractivity contribution < 1.29 is 46.1 Å². The molecular formula is C24H27F6N5O4S. The van der Waals surface area contributed by atoms with E-state index in [1.54, 1.807) is 0 Å². The van der Waals surface area contributed by atoms with Gasteiger partial charge in [-0.25, -0.2) is 14.6 Å². The standard InChI is InChI=1S/C20H25N5S.2C2HF3O2/c1-16-5-6-19(26-16)14-24-8-9-25-13-18(22-20(25)15-24)12-23(2)11-17-4-3-7-21-10-17;2*3-2(4,5)1(6)7/h3-7,10,13H,8-9,11-12,14-15H2,1-2H3;2*(H,6,7). The molecule has 0 radical (unpaired) electrons. The van der Waals surface area contributed by atoms with Gasteiger partial charge in [0.25, 0.3) is 0 Å². The summed E-state index contributed by atoms with van der Waals surface area (Å²) in [5.74, 6) is -4.32. The molecule has 0 amide bonds. The second kappa shape index (κ2) is 14.2. The van der Waals surface area contributed by atoms with Gasteiger partial charge in [-0.2, -0.15) is 26.3 Å². The van der Waals surface area contributed by atoms with Crippen LogP contribution in [0.15, 0.2) is 42.9 Å². The number of hydrogen-bond donors (Lipinski definition) is 2. The van der Waals surface area contributed by atoms with Crippen molar-refractivity contribution in [1.29, 1.82) is 0 Å². The minimum atomic E-state index is -5.08. The van der Waals surface area contributed by atoms with E-state index in [4.69, 9.17) is 24.8 Å². The molecule has 0 unspecified atom stereocenters. The highest BCUT2D eigenvalue weighted by Crippen LogP contribution is 2.21. The molecule has 16 heteroatoms. The lowest BCUT2D eigenvalue weighted by Gasteiger charge is -2.26. The Morgan fingerprint density at radius 2 is 1.65 bits per heavy atom. The molecule has 0 bridgehead atoms. The number of nitrogens with zero attached hydrogens (tertiary/aromatic N) is 5. The van der Waals surface area contributed by atoms with Gasteiger partial charge in [0, 0.05) is 61.1 Å². The van der Waals surface area contributed by atoms with E-state index in [0.717, 1.165) is 45.0 Å². The zero-order valence-corrected chi connectivity index (χ0v) is 22.2. The fourth-order valence-corrected chi connectivity index (χ4v) is 4.43. The number of imidazole rings is 1. The quantitative estimate of drug-likeness (QED) is 0.399. The van der Waals surface area contributed by atoms with Crippen molar-refractivity contribution >= 4 is 23.3 Å². The highest BCUT2D eigenvalue weighted by molar-refractivity contribution is 7.11. The lowest BCUT2D eigenvalue weighted by Crippen LogP contribution is -2.32. The summed E-state index contributed by atoms with van der Waals surface area (Å²) in [6.45, 7) is 8.00. The van der Waals surface area contributed by atoms with Crippen molar-refractivity contribution in [3.63, 3.8) is 0 Å². The van der Waals surface area contributed by atoms with Crippen LogP contribution in [0.1, 0.15) is 26.8 Å². The van der Waals surface area contributed by atoms with Crippen LogP contribution in [0.4, 0.5) is 26.3 Å². The van der Waals surface area contributed by atoms with Crippen molar-refractivity contribution in [2.75, 3.05) is 13.6 Å². The van der Waals surface area contributed by atoms with Crippen LogP contribution >= 0.6 is 11.3 Å². The first-order valence-corrected chi connectivity index (χ1v) is 12.4. The normalized spacial score (nSPS) is 13.5. The number of carboxylic acids is 2. The second-order valence-electron chi connectivity index (χ2n) is 8.70. The molecule has 4 heterocycles. The molecule has 3 aromatic rings. The fraction of sp³-hybridized carbons (Fsp3) is 0.417. The zero-order valence-electron chi connectivity index (χ0n) is 21.4. The molecule has 9 nitrogen and oxygen atoms in total. The average molecular weight is 596 g/mol. The average Bonchev–Trinajstić information content (AvgIpc) is 3.43.